The molecule has 1 N–H and O–H groups in total. The number of fused-ring (bicyclic) bond motifs is 1. The Bertz CT molecular complexity index is 286. The summed E-state index contributed by atoms with van der Waals surface area (Å²) in [6.45, 7) is 0.658. The largest absolute Gasteiger partial charge is 0.465 e. The number of rotatable bonds is 0. The molecule has 0 radical (unpaired) electrons. The topological polar surface area (TPSA) is 40.5 Å². The molecule has 1 aliphatic carbocycles. The molecule has 1 heterocycles. The quantitative estimate of drug-likeness (QED) is 0.675. The van der Waals surface area contributed by atoms with Gasteiger partial charge >= 0.3 is 6.09 Å². The van der Waals surface area contributed by atoms with Crippen LogP contribution in [0.1, 0.15) is 19.3 Å². The van der Waals surface area contributed by atoms with Crippen LogP contribution in [0.25, 0.3) is 0 Å². The van der Waals surface area contributed by atoms with Gasteiger partial charge in [0.1, 0.15) is 0 Å². The molecule has 4 heteroatoms. The Labute approximate surface area is 89.5 Å². The number of allylic oxidation sites excluding steroid dienone is 4. The molecule has 0 aromatic carbocycles. The highest BCUT2D eigenvalue weighted by atomic mass is 35.5. The molecule has 0 bridgehead atoms. The smallest absolute Gasteiger partial charge is 0.411 e. The minimum Gasteiger partial charge on any atom is -0.465 e. The van der Waals surface area contributed by atoms with Crippen molar-refractivity contribution in [3.05, 3.63) is 23.9 Å². The maximum atomic E-state index is 10.9. The molecule has 0 spiro atoms. The van der Waals surface area contributed by atoms with Crippen LogP contribution in [-0.2, 0) is 0 Å². The van der Waals surface area contributed by atoms with E-state index in [2.05, 4.69) is 6.08 Å². The van der Waals surface area contributed by atoms with Gasteiger partial charge in [0.25, 0.3) is 0 Å². The summed E-state index contributed by atoms with van der Waals surface area (Å²) >= 11 is 0. The van der Waals surface area contributed by atoms with Gasteiger partial charge in [0, 0.05) is 18.2 Å². The Morgan fingerprint density at radius 1 is 1.57 bits per heavy atom. The third-order valence-corrected chi connectivity index (χ3v) is 2.72. The summed E-state index contributed by atoms with van der Waals surface area (Å²) in [4.78, 5) is 12.4. The van der Waals surface area contributed by atoms with Crippen molar-refractivity contribution in [2.75, 3.05) is 6.54 Å². The fourth-order valence-electron chi connectivity index (χ4n) is 2.07. The average Bonchev–Trinajstić information content (AvgIpc) is 2.17. The summed E-state index contributed by atoms with van der Waals surface area (Å²) in [7, 11) is 0. The minimum atomic E-state index is -0.814. The molecule has 2 aliphatic rings. The van der Waals surface area contributed by atoms with E-state index in [0.29, 0.717) is 12.5 Å². The molecule has 1 amide bonds. The van der Waals surface area contributed by atoms with E-state index in [0.717, 1.165) is 25.0 Å². The molecular weight excluding hydrogens is 202 g/mol. The maximum absolute atomic E-state index is 10.9. The van der Waals surface area contributed by atoms with Crippen molar-refractivity contribution in [1.29, 1.82) is 0 Å². The lowest BCUT2D eigenvalue weighted by atomic mass is 9.88. The molecule has 78 valence electrons. The highest BCUT2D eigenvalue weighted by Gasteiger charge is 2.28. The molecule has 1 aliphatic heterocycles. The molecule has 1 saturated heterocycles. The molecule has 0 aromatic rings. The van der Waals surface area contributed by atoms with E-state index in [4.69, 9.17) is 5.11 Å². The summed E-state index contributed by atoms with van der Waals surface area (Å²) < 4.78 is 0. The Morgan fingerprint density at radius 2 is 2.36 bits per heavy atom. The SMILES string of the molecule is Cl.O=C(O)N1CCCC2CC=CC=C21. The summed E-state index contributed by atoms with van der Waals surface area (Å²) in [5.74, 6) is 0.440. The lowest BCUT2D eigenvalue weighted by Crippen LogP contribution is -2.37. The highest BCUT2D eigenvalue weighted by Crippen LogP contribution is 2.32. The van der Waals surface area contributed by atoms with Gasteiger partial charge < -0.3 is 5.11 Å². The van der Waals surface area contributed by atoms with Crippen LogP contribution in [0.4, 0.5) is 4.79 Å². The van der Waals surface area contributed by atoms with Crippen molar-refractivity contribution in [3.8, 4) is 0 Å². The number of amides is 1. The average molecular weight is 216 g/mol. The predicted octanol–water partition coefficient (Wildman–Crippen LogP) is 2.64. The van der Waals surface area contributed by atoms with E-state index >= 15 is 0 Å². The summed E-state index contributed by atoms with van der Waals surface area (Å²) in [5, 5.41) is 8.94. The molecule has 0 aromatic heterocycles. The second-order valence-electron chi connectivity index (χ2n) is 3.53. The number of hydrogen-bond donors (Lipinski definition) is 1. The molecule has 3 nitrogen and oxygen atoms in total. The van der Waals surface area contributed by atoms with Crippen molar-refractivity contribution < 1.29 is 9.90 Å². The van der Waals surface area contributed by atoms with Crippen LogP contribution in [0.3, 0.4) is 0 Å². The van der Waals surface area contributed by atoms with Gasteiger partial charge in [-0.15, -0.1) is 12.4 Å². The van der Waals surface area contributed by atoms with Crippen LogP contribution in [0.15, 0.2) is 23.9 Å². The van der Waals surface area contributed by atoms with Crippen LogP contribution in [0.5, 0.6) is 0 Å². The van der Waals surface area contributed by atoms with Crippen molar-refractivity contribution in [2.24, 2.45) is 5.92 Å². The molecule has 14 heavy (non-hydrogen) atoms. The van der Waals surface area contributed by atoms with Crippen LogP contribution >= 0.6 is 12.4 Å². The first-order valence-corrected chi connectivity index (χ1v) is 4.66. The number of halogens is 1. The number of hydrogen-bond acceptors (Lipinski definition) is 1. The zero-order valence-corrected chi connectivity index (χ0v) is 8.67. The van der Waals surface area contributed by atoms with E-state index in [1.165, 1.54) is 4.90 Å². The van der Waals surface area contributed by atoms with Crippen molar-refractivity contribution in [1.82, 2.24) is 4.90 Å². The van der Waals surface area contributed by atoms with Crippen LogP contribution in [-0.4, -0.2) is 22.6 Å². The van der Waals surface area contributed by atoms with Crippen molar-refractivity contribution in [2.45, 2.75) is 19.3 Å². The van der Waals surface area contributed by atoms with Gasteiger partial charge in [0.05, 0.1) is 0 Å². The standard InChI is InChI=1S/C10H13NO2.ClH/c12-10(13)11-7-3-5-8-4-1-2-6-9(8)11;/h1-2,6,8H,3-5,7H2,(H,12,13);1H. The second-order valence-corrected chi connectivity index (χ2v) is 3.53. The molecule has 2 rings (SSSR count). The third-order valence-electron chi connectivity index (χ3n) is 2.72. The number of carboxylic acid groups (broad SMARTS) is 1. The number of piperidine rings is 1. The van der Waals surface area contributed by atoms with E-state index in [1.54, 1.807) is 0 Å². The van der Waals surface area contributed by atoms with Gasteiger partial charge in [-0.25, -0.2) is 4.79 Å². The highest BCUT2D eigenvalue weighted by molar-refractivity contribution is 5.85. The van der Waals surface area contributed by atoms with E-state index in [9.17, 15) is 4.79 Å². The first-order chi connectivity index (χ1) is 6.29. The van der Waals surface area contributed by atoms with Gasteiger partial charge in [-0.3, -0.25) is 4.90 Å². The van der Waals surface area contributed by atoms with Crippen LogP contribution in [0, 0.1) is 5.92 Å². The van der Waals surface area contributed by atoms with E-state index in [-0.39, 0.29) is 12.4 Å². The predicted molar refractivity (Wildman–Crippen MR) is 56.5 cm³/mol. The molecule has 1 unspecified atom stereocenters. The lowest BCUT2D eigenvalue weighted by Gasteiger charge is -2.34. The third kappa shape index (κ3) is 1.93. The van der Waals surface area contributed by atoms with Gasteiger partial charge in [-0.2, -0.15) is 0 Å². The van der Waals surface area contributed by atoms with E-state index < -0.39 is 6.09 Å². The molecule has 1 fully saturated rings. The zero-order valence-electron chi connectivity index (χ0n) is 7.85. The molecule has 0 saturated carbocycles. The number of carbonyl (C=O) groups is 1. The van der Waals surface area contributed by atoms with Gasteiger partial charge in [-0.1, -0.05) is 12.2 Å². The zero-order chi connectivity index (χ0) is 9.26. The Kier molecular flexibility index (Phi) is 3.58. The van der Waals surface area contributed by atoms with Gasteiger partial charge in [0.15, 0.2) is 0 Å². The summed E-state index contributed by atoms with van der Waals surface area (Å²) in [6, 6.07) is 0. The normalized spacial score (nSPS) is 24.7. The van der Waals surface area contributed by atoms with Crippen molar-refractivity contribution in [3.63, 3.8) is 0 Å². The van der Waals surface area contributed by atoms with Crippen LogP contribution in [0.2, 0.25) is 0 Å². The number of nitrogens with zero attached hydrogens (tertiary/aromatic N) is 1. The Hall–Kier alpha value is -0.960. The van der Waals surface area contributed by atoms with Gasteiger partial charge in [0.2, 0.25) is 0 Å². The van der Waals surface area contributed by atoms with Crippen molar-refractivity contribution >= 4 is 18.5 Å². The monoisotopic (exact) mass is 215 g/mol. The second kappa shape index (κ2) is 4.51. The lowest BCUT2D eigenvalue weighted by molar-refractivity contribution is 0.143. The molecule has 1 atom stereocenters. The fraction of sp³-hybridized carbons (Fsp3) is 0.500. The van der Waals surface area contributed by atoms with E-state index in [1.807, 2.05) is 12.2 Å². The maximum Gasteiger partial charge on any atom is 0.411 e. The number of likely N-dealkylation sites (tertiary alicyclic amines) is 1. The summed E-state index contributed by atoms with van der Waals surface area (Å²) in [6.07, 6.45) is 8.29. The van der Waals surface area contributed by atoms with Crippen LogP contribution < -0.4 is 0 Å². The minimum absolute atomic E-state index is 0. The van der Waals surface area contributed by atoms with Gasteiger partial charge in [-0.05, 0) is 25.3 Å². The first-order valence-electron chi connectivity index (χ1n) is 4.66. The fourth-order valence-corrected chi connectivity index (χ4v) is 2.07. The molecular formula is C10H14ClNO2. The Balaban J connectivity index is 0.000000980. The Morgan fingerprint density at radius 3 is 3.07 bits per heavy atom. The first kappa shape index (κ1) is 11.1. The summed E-state index contributed by atoms with van der Waals surface area (Å²) in [5.41, 5.74) is 0.987.